The Labute approximate surface area is 126 Å². The van der Waals surface area contributed by atoms with Crippen molar-refractivity contribution in [1.82, 2.24) is 0 Å². The highest BCUT2D eigenvalue weighted by molar-refractivity contribution is 5.78. The number of esters is 1. The Bertz CT molecular complexity index is 547. The first-order valence-corrected chi connectivity index (χ1v) is 7.32. The van der Waals surface area contributed by atoms with E-state index in [-0.39, 0.29) is 0 Å². The van der Waals surface area contributed by atoms with E-state index < -0.39 is 22.6 Å². The van der Waals surface area contributed by atoms with Gasteiger partial charge in [-0.2, -0.15) is 0 Å². The van der Waals surface area contributed by atoms with Crippen LogP contribution < -0.4 is 4.74 Å². The third-order valence-corrected chi connectivity index (χ3v) is 4.22. The molecule has 1 unspecified atom stereocenters. The van der Waals surface area contributed by atoms with Crippen LogP contribution in [-0.4, -0.2) is 23.3 Å². The summed E-state index contributed by atoms with van der Waals surface area (Å²) in [7, 11) is 0. The molecular formula is C17H24O4. The smallest absolute Gasteiger partial charge is 0.314 e. The van der Waals surface area contributed by atoms with Gasteiger partial charge in [-0.05, 0) is 40.7 Å². The van der Waals surface area contributed by atoms with Crippen molar-refractivity contribution in [1.29, 1.82) is 0 Å². The summed E-state index contributed by atoms with van der Waals surface area (Å²) in [6, 6.07) is 7.33. The maximum Gasteiger partial charge on any atom is 0.314 e. The minimum absolute atomic E-state index is 0.292. The number of hydrogen-bond donors (Lipinski definition) is 1. The third-order valence-electron chi connectivity index (χ3n) is 4.22. The van der Waals surface area contributed by atoms with Crippen molar-refractivity contribution >= 4 is 5.97 Å². The monoisotopic (exact) mass is 292 g/mol. The van der Waals surface area contributed by atoms with Gasteiger partial charge in [0, 0.05) is 12.0 Å². The standard InChI is InChI=1S/C17H24O4/c1-6-20-14(18)16(4,5)17(19)11-15(2,3)21-13-10-8-7-9-12(13)17/h7-10,19H,6,11H2,1-5H3. The fourth-order valence-corrected chi connectivity index (χ4v) is 2.98. The van der Waals surface area contributed by atoms with Gasteiger partial charge in [0.25, 0.3) is 0 Å². The van der Waals surface area contributed by atoms with Crippen LogP contribution in [0.5, 0.6) is 5.75 Å². The minimum atomic E-state index is -1.34. The normalized spacial score (nSPS) is 23.9. The van der Waals surface area contributed by atoms with Crippen molar-refractivity contribution in [2.45, 2.75) is 52.2 Å². The van der Waals surface area contributed by atoms with Gasteiger partial charge in [0.05, 0.1) is 12.0 Å². The molecule has 0 aromatic heterocycles. The lowest BCUT2D eigenvalue weighted by Gasteiger charge is -2.49. The summed E-state index contributed by atoms with van der Waals surface area (Å²) in [5.41, 5.74) is -2.33. The minimum Gasteiger partial charge on any atom is -0.487 e. The predicted octanol–water partition coefficient (Wildman–Crippen LogP) is 3.02. The summed E-state index contributed by atoms with van der Waals surface area (Å²) in [4.78, 5) is 12.4. The lowest BCUT2D eigenvalue weighted by atomic mass is 9.65. The van der Waals surface area contributed by atoms with Crippen molar-refractivity contribution in [2.24, 2.45) is 5.41 Å². The molecule has 0 radical (unpaired) electrons. The number of rotatable bonds is 3. The molecule has 0 spiro atoms. The summed E-state index contributed by atoms with van der Waals surface area (Å²) in [6.45, 7) is 9.33. The quantitative estimate of drug-likeness (QED) is 0.870. The van der Waals surface area contributed by atoms with Crippen LogP contribution in [0.3, 0.4) is 0 Å². The number of aliphatic hydroxyl groups is 1. The Kier molecular flexibility index (Phi) is 3.79. The highest BCUT2D eigenvalue weighted by atomic mass is 16.5. The van der Waals surface area contributed by atoms with Gasteiger partial charge in [0.1, 0.15) is 17.0 Å². The number of para-hydroxylation sites is 1. The second kappa shape index (κ2) is 5.02. The van der Waals surface area contributed by atoms with Gasteiger partial charge in [0.2, 0.25) is 0 Å². The first-order chi connectivity index (χ1) is 9.64. The van der Waals surface area contributed by atoms with E-state index in [0.29, 0.717) is 24.3 Å². The van der Waals surface area contributed by atoms with Crippen molar-refractivity contribution in [3.63, 3.8) is 0 Å². The molecule has 21 heavy (non-hydrogen) atoms. The van der Waals surface area contributed by atoms with E-state index in [2.05, 4.69) is 0 Å². The van der Waals surface area contributed by atoms with E-state index in [9.17, 15) is 9.90 Å². The van der Waals surface area contributed by atoms with E-state index >= 15 is 0 Å². The topological polar surface area (TPSA) is 55.8 Å². The number of ether oxygens (including phenoxy) is 2. The van der Waals surface area contributed by atoms with Gasteiger partial charge < -0.3 is 14.6 Å². The largest absolute Gasteiger partial charge is 0.487 e. The number of hydrogen-bond acceptors (Lipinski definition) is 4. The molecule has 4 heteroatoms. The van der Waals surface area contributed by atoms with E-state index in [0.717, 1.165) is 0 Å². The van der Waals surface area contributed by atoms with Crippen molar-refractivity contribution in [3.05, 3.63) is 29.8 Å². The molecule has 1 aromatic rings. The summed E-state index contributed by atoms with van der Waals surface area (Å²) >= 11 is 0. The van der Waals surface area contributed by atoms with Crippen LogP contribution in [0.25, 0.3) is 0 Å². The summed E-state index contributed by atoms with van der Waals surface area (Å²) in [5, 5.41) is 11.4. The number of fused-ring (bicyclic) bond motifs is 1. The molecule has 4 nitrogen and oxygen atoms in total. The third kappa shape index (κ3) is 2.53. The predicted molar refractivity (Wildman–Crippen MR) is 80.1 cm³/mol. The van der Waals surface area contributed by atoms with Crippen molar-refractivity contribution < 1.29 is 19.4 Å². The van der Waals surface area contributed by atoms with E-state index in [1.807, 2.05) is 38.1 Å². The Morgan fingerprint density at radius 1 is 1.38 bits per heavy atom. The SMILES string of the molecule is CCOC(=O)C(C)(C)C1(O)CC(C)(C)Oc2ccccc21. The number of carbonyl (C=O) groups is 1. The van der Waals surface area contributed by atoms with Gasteiger partial charge in [-0.3, -0.25) is 4.79 Å². The molecule has 1 atom stereocenters. The molecule has 2 rings (SSSR count). The van der Waals surface area contributed by atoms with Crippen LogP contribution in [0, 0.1) is 5.41 Å². The van der Waals surface area contributed by atoms with Crippen LogP contribution in [0.2, 0.25) is 0 Å². The molecular weight excluding hydrogens is 268 g/mol. The molecule has 1 aliphatic heterocycles. The van der Waals surface area contributed by atoms with E-state index in [4.69, 9.17) is 9.47 Å². The van der Waals surface area contributed by atoms with Gasteiger partial charge in [0.15, 0.2) is 0 Å². The fourth-order valence-electron chi connectivity index (χ4n) is 2.98. The van der Waals surface area contributed by atoms with Crippen LogP contribution in [-0.2, 0) is 15.1 Å². The zero-order valence-electron chi connectivity index (χ0n) is 13.4. The lowest BCUT2D eigenvalue weighted by Crippen LogP contribution is -2.55. The number of carbonyl (C=O) groups excluding carboxylic acids is 1. The molecule has 0 saturated carbocycles. The second-order valence-corrected chi connectivity index (χ2v) is 6.74. The van der Waals surface area contributed by atoms with Crippen LogP contribution in [0.4, 0.5) is 0 Å². The van der Waals surface area contributed by atoms with Gasteiger partial charge >= 0.3 is 5.97 Å². The fraction of sp³-hybridized carbons (Fsp3) is 0.588. The lowest BCUT2D eigenvalue weighted by molar-refractivity contribution is -0.183. The molecule has 0 aliphatic carbocycles. The van der Waals surface area contributed by atoms with Gasteiger partial charge in [-0.15, -0.1) is 0 Å². The average molecular weight is 292 g/mol. The zero-order chi connectivity index (χ0) is 15.9. The molecule has 1 aliphatic rings. The Morgan fingerprint density at radius 2 is 2.00 bits per heavy atom. The summed E-state index contributed by atoms with van der Waals surface area (Å²) in [5.74, 6) is 0.216. The molecule has 0 amide bonds. The van der Waals surface area contributed by atoms with Gasteiger partial charge in [-0.1, -0.05) is 18.2 Å². The highest BCUT2D eigenvalue weighted by Gasteiger charge is 2.57. The van der Waals surface area contributed by atoms with Gasteiger partial charge in [-0.25, -0.2) is 0 Å². The first kappa shape index (κ1) is 15.8. The van der Waals surface area contributed by atoms with Crippen LogP contribution in [0.15, 0.2) is 24.3 Å². The molecule has 116 valence electrons. The van der Waals surface area contributed by atoms with E-state index in [1.54, 1.807) is 20.8 Å². The number of benzene rings is 1. The molecule has 1 heterocycles. The summed E-state index contributed by atoms with van der Waals surface area (Å²) < 4.78 is 11.1. The van der Waals surface area contributed by atoms with Crippen LogP contribution in [0.1, 0.15) is 46.6 Å². The second-order valence-electron chi connectivity index (χ2n) is 6.74. The van der Waals surface area contributed by atoms with Crippen LogP contribution >= 0.6 is 0 Å². The van der Waals surface area contributed by atoms with E-state index in [1.165, 1.54) is 0 Å². The zero-order valence-corrected chi connectivity index (χ0v) is 13.4. The first-order valence-electron chi connectivity index (χ1n) is 7.32. The molecule has 1 N–H and O–H groups in total. The average Bonchev–Trinajstić information content (AvgIpc) is 2.37. The Hall–Kier alpha value is -1.55. The molecule has 0 saturated heterocycles. The maximum absolute atomic E-state index is 12.4. The van der Waals surface area contributed by atoms with Crippen molar-refractivity contribution in [2.75, 3.05) is 6.61 Å². The Morgan fingerprint density at radius 3 is 2.62 bits per heavy atom. The molecule has 1 aromatic carbocycles. The maximum atomic E-state index is 12.4. The highest BCUT2D eigenvalue weighted by Crippen LogP contribution is 2.52. The molecule has 0 bridgehead atoms. The Balaban J connectivity index is 2.57. The summed E-state index contributed by atoms with van der Waals surface area (Å²) in [6.07, 6.45) is 0.322. The molecule has 0 fully saturated rings. The van der Waals surface area contributed by atoms with Crippen molar-refractivity contribution in [3.8, 4) is 5.75 Å².